The molecule has 1 unspecified atom stereocenters. The van der Waals surface area contributed by atoms with Crippen molar-refractivity contribution < 1.29 is 5.11 Å². The maximum absolute atomic E-state index is 8.93. The highest BCUT2D eigenvalue weighted by Gasteiger charge is 2.18. The van der Waals surface area contributed by atoms with E-state index >= 15 is 0 Å². The fraction of sp³-hybridized carbons (Fsp3) is 0.786. The molecule has 1 N–H and O–H groups in total. The van der Waals surface area contributed by atoms with Gasteiger partial charge in [-0.2, -0.15) is 0 Å². The summed E-state index contributed by atoms with van der Waals surface area (Å²) in [5.74, 6) is 0. The van der Waals surface area contributed by atoms with Gasteiger partial charge < -0.3 is 5.11 Å². The van der Waals surface area contributed by atoms with Crippen molar-refractivity contribution in [3.8, 4) is 0 Å². The Morgan fingerprint density at radius 1 is 1.35 bits per heavy atom. The summed E-state index contributed by atoms with van der Waals surface area (Å²) in [6, 6.07) is 0. The minimum Gasteiger partial charge on any atom is -0.395 e. The summed E-state index contributed by atoms with van der Waals surface area (Å²) in [6.45, 7) is 4.10. The van der Waals surface area contributed by atoms with E-state index in [1.807, 2.05) is 6.21 Å². The van der Waals surface area contributed by atoms with E-state index in [2.05, 4.69) is 29.0 Å². The maximum Gasteiger partial charge on any atom is 0.102 e. The molecule has 0 amide bonds. The third kappa shape index (κ3) is 5.99. The van der Waals surface area contributed by atoms with E-state index in [-0.39, 0.29) is 6.61 Å². The van der Waals surface area contributed by atoms with Crippen LogP contribution in [0.15, 0.2) is 17.1 Å². The second-order valence-corrected chi connectivity index (χ2v) is 4.58. The molecule has 0 bridgehead atoms. The van der Waals surface area contributed by atoms with Crippen LogP contribution in [0.25, 0.3) is 0 Å². The van der Waals surface area contributed by atoms with Crippen LogP contribution < -0.4 is 0 Å². The van der Waals surface area contributed by atoms with Crippen molar-refractivity contribution in [1.29, 1.82) is 0 Å². The molecule has 0 saturated heterocycles. The third-order valence-corrected chi connectivity index (χ3v) is 3.13. The average molecular weight is 238 g/mol. The smallest absolute Gasteiger partial charge is 0.102 e. The minimum absolute atomic E-state index is 0.229. The standard InChI is InChI=1S/C14H26N2O/c1-2-3-4-5-6-7-8-9-14-15-10-11-16(14)12-13-17/h6-7,10,14,17H,2-5,8-9,11-13H2,1H3/b7-6+. The molecule has 17 heavy (non-hydrogen) atoms. The molecule has 1 aliphatic rings. The first-order valence-corrected chi connectivity index (χ1v) is 6.90. The molecule has 0 radical (unpaired) electrons. The number of hydrogen-bond donors (Lipinski definition) is 1. The molecule has 3 heteroatoms. The van der Waals surface area contributed by atoms with E-state index in [4.69, 9.17) is 5.11 Å². The number of hydrogen-bond acceptors (Lipinski definition) is 3. The summed E-state index contributed by atoms with van der Waals surface area (Å²) in [4.78, 5) is 6.67. The van der Waals surface area contributed by atoms with E-state index in [9.17, 15) is 0 Å². The van der Waals surface area contributed by atoms with Crippen LogP contribution >= 0.6 is 0 Å². The van der Waals surface area contributed by atoms with Gasteiger partial charge in [-0.15, -0.1) is 0 Å². The van der Waals surface area contributed by atoms with Gasteiger partial charge in [0.1, 0.15) is 6.17 Å². The summed E-state index contributed by atoms with van der Waals surface area (Å²) in [6.07, 6.45) is 14.1. The van der Waals surface area contributed by atoms with Gasteiger partial charge in [-0.05, 0) is 25.7 Å². The van der Waals surface area contributed by atoms with Crippen LogP contribution in [0.2, 0.25) is 0 Å². The summed E-state index contributed by atoms with van der Waals surface area (Å²) in [5, 5.41) is 8.93. The van der Waals surface area contributed by atoms with Gasteiger partial charge in [-0.25, -0.2) is 0 Å². The van der Waals surface area contributed by atoms with E-state index in [0.717, 1.165) is 25.9 Å². The van der Waals surface area contributed by atoms with Crippen LogP contribution in [0.4, 0.5) is 0 Å². The molecule has 1 rings (SSSR count). The van der Waals surface area contributed by atoms with E-state index in [1.165, 1.54) is 25.7 Å². The van der Waals surface area contributed by atoms with Gasteiger partial charge in [0.05, 0.1) is 6.61 Å². The number of aliphatic imine (C=N–C) groups is 1. The fourth-order valence-corrected chi connectivity index (χ4v) is 2.11. The Balaban J connectivity index is 2.07. The predicted octanol–water partition coefficient (Wildman–Crippen LogP) is 2.61. The minimum atomic E-state index is 0.229. The lowest BCUT2D eigenvalue weighted by molar-refractivity contribution is 0.179. The molecular formula is C14H26N2O. The quantitative estimate of drug-likeness (QED) is 0.495. The Labute approximate surface area is 105 Å². The van der Waals surface area contributed by atoms with Gasteiger partial charge in [0.15, 0.2) is 0 Å². The Morgan fingerprint density at radius 3 is 2.94 bits per heavy atom. The Kier molecular flexibility index (Phi) is 7.93. The number of allylic oxidation sites excluding steroid dienone is 2. The molecule has 0 spiro atoms. The van der Waals surface area contributed by atoms with Crippen LogP contribution in [0.5, 0.6) is 0 Å². The Morgan fingerprint density at radius 2 is 2.18 bits per heavy atom. The first-order valence-electron chi connectivity index (χ1n) is 6.90. The predicted molar refractivity (Wildman–Crippen MR) is 73.5 cm³/mol. The van der Waals surface area contributed by atoms with Gasteiger partial charge in [0.25, 0.3) is 0 Å². The number of rotatable bonds is 9. The van der Waals surface area contributed by atoms with Crippen LogP contribution in [0, 0.1) is 0 Å². The molecule has 3 nitrogen and oxygen atoms in total. The largest absolute Gasteiger partial charge is 0.395 e. The zero-order valence-corrected chi connectivity index (χ0v) is 11.0. The molecule has 1 aliphatic heterocycles. The molecule has 0 saturated carbocycles. The lowest BCUT2D eigenvalue weighted by atomic mass is 10.1. The average Bonchev–Trinajstić information content (AvgIpc) is 2.76. The SMILES string of the molecule is CCCCC/C=C/CCC1N=CCN1CCO. The number of β-amino-alcohol motifs (C(OH)–C–C–N with tert-alkyl or cyclic N) is 1. The maximum atomic E-state index is 8.93. The van der Waals surface area contributed by atoms with E-state index in [0.29, 0.717) is 6.17 Å². The first-order chi connectivity index (χ1) is 8.38. The molecular weight excluding hydrogens is 212 g/mol. The second kappa shape index (κ2) is 9.37. The molecule has 0 aromatic carbocycles. The molecule has 0 aromatic rings. The Hall–Kier alpha value is -0.670. The van der Waals surface area contributed by atoms with Crippen LogP contribution in [-0.4, -0.2) is 42.1 Å². The molecule has 0 aromatic heterocycles. The molecule has 98 valence electrons. The van der Waals surface area contributed by atoms with Crippen molar-refractivity contribution in [2.75, 3.05) is 19.7 Å². The Bertz CT molecular complexity index is 238. The van der Waals surface area contributed by atoms with Gasteiger partial charge >= 0.3 is 0 Å². The van der Waals surface area contributed by atoms with Crippen molar-refractivity contribution in [3.05, 3.63) is 12.2 Å². The number of nitrogens with zero attached hydrogens (tertiary/aromatic N) is 2. The highest BCUT2D eigenvalue weighted by molar-refractivity contribution is 5.62. The molecule has 0 aliphatic carbocycles. The van der Waals surface area contributed by atoms with Crippen LogP contribution in [-0.2, 0) is 0 Å². The van der Waals surface area contributed by atoms with Crippen molar-refractivity contribution in [1.82, 2.24) is 4.90 Å². The zero-order valence-electron chi connectivity index (χ0n) is 11.0. The monoisotopic (exact) mass is 238 g/mol. The summed E-state index contributed by atoms with van der Waals surface area (Å²) < 4.78 is 0. The molecule has 0 fully saturated rings. The van der Waals surface area contributed by atoms with Gasteiger partial charge in [0, 0.05) is 19.3 Å². The summed E-state index contributed by atoms with van der Waals surface area (Å²) >= 11 is 0. The summed E-state index contributed by atoms with van der Waals surface area (Å²) in [7, 11) is 0. The number of aliphatic hydroxyl groups is 1. The van der Waals surface area contributed by atoms with Crippen LogP contribution in [0.1, 0.15) is 45.4 Å². The van der Waals surface area contributed by atoms with E-state index < -0.39 is 0 Å². The van der Waals surface area contributed by atoms with Crippen LogP contribution in [0.3, 0.4) is 0 Å². The zero-order chi connectivity index (χ0) is 12.3. The lowest BCUT2D eigenvalue weighted by Gasteiger charge is -2.21. The third-order valence-electron chi connectivity index (χ3n) is 3.13. The van der Waals surface area contributed by atoms with Gasteiger partial charge in [0.2, 0.25) is 0 Å². The van der Waals surface area contributed by atoms with Gasteiger partial charge in [-0.1, -0.05) is 31.9 Å². The molecule has 1 heterocycles. The fourth-order valence-electron chi connectivity index (χ4n) is 2.11. The highest BCUT2D eigenvalue weighted by Crippen LogP contribution is 2.12. The number of aliphatic hydroxyl groups excluding tert-OH is 1. The second-order valence-electron chi connectivity index (χ2n) is 4.58. The lowest BCUT2D eigenvalue weighted by Crippen LogP contribution is -2.32. The van der Waals surface area contributed by atoms with Gasteiger partial charge in [-0.3, -0.25) is 9.89 Å². The van der Waals surface area contributed by atoms with Crippen molar-refractivity contribution in [3.63, 3.8) is 0 Å². The van der Waals surface area contributed by atoms with Crippen molar-refractivity contribution >= 4 is 6.21 Å². The van der Waals surface area contributed by atoms with Crippen molar-refractivity contribution in [2.45, 2.75) is 51.6 Å². The molecule has 1 atom stereocenters. The topological polar surface area (TPSA) is 35.8 Å². The summed E-state index contributed by atoms with van der Waals surface area (Å²) in [5.41, 5.74) is 0. The highest BCUT2D eigenvalue weighted by atomic mass is 16.3. The number of unbranched alkanes of at least 4 members (excludes halogenated alkanes) is 3. The normalized spacial score (nSPS) is 20.7. The van der Waals surface area contributed by atoms with Crippen molar-refractivity contribution in [2.24, 2.45) is 4.99 Å². The first kappa shape index (κ1) is 14.4. The van der Waals surface area contributed by atoms with E-state index in [1.54, 1.807) is 0 Å².